The molecule has 0 aromatic heterocycles. The van der Waals surface area contributed by atoms with Crippen LogP contribution in [0.15, 0.2) is 53.4 Å². The minimum atomic E-state index is -3.68. The molecule has 30 heavy (non-hydrogen) atoms. The second-order valence-corrected chi connectivity index (χ2v) is 8.43. The van der Waals surface area contributed by atoms with E-state index in [1.807, 2.05) is 6.92 Å². The van der Waals surface area contributed by atoms with Crippen LogP contribution in [0.3, 0.4) is 0 Å². The van der Waals surface area contributed by atoms with Crippen molar-refractivity contribution in [1.82, 2.24) is 10.0 Å². The second kappa shape index (κ2) is 10.1. The zero-order chi connectivity index (χ0) is 22.3. The lowest BCUT2D eigenvalue weighted by Crippen LogP contribution is -2.39. The number of rotatable bonds is 8. The van der Waals surface area contributed by atoms with Crippen LogP contribution in [0.4, 0.5) is 5.69 Å². The van der Waals surface area contributed by atoms with Crippen molar-refractivity contribution >= 4 is 27.5 Å². The Labute approximate surface area is 177 Å². The van der Waals surface area contributed by atoms with Gasteiger partial charge in [0.15, 0.2) is 0 Å². The van der Waals surface area contributed by atoms with Gasteiger partial charge in [-0.1, -0.05) is 18.9 Å². The van der Waals surface area contributed by atoms with Crippen LogP contribution in [-0.2, 0) is 14.8 Å². The number of hydrogen-bond donors (Lipinski definition) is 2. The molecular formula is C22H25N3O4S. The number of sulfonamides is 1. The summed E-state index contributed by atoms with van der Waals surface area (Å²) in [5.74, 6) is 1.69. The summed E-state index contributed by atoms with van der Waals surface area (Å²) in [7, 11) is -2.20. The molecule has 1 unspecified atom stereocenters. The maximum Gasteiger partial charge on any atom is 0.258 e. The summed E-state index contributed by atoms with van der Waals surface area (Å²) in [4.78, 5) is 26.4. The lowest BCUT2D eigenvalue weighted by Gasteiger charge is -2.22. The van der Waals surface area contributed by atoms with Crippen molar-refractivity contribution in [3.05, 3.63) is 59.7 Å². The average molecular weight is 428 g/mol. The summed E-state index contributed by atoms with van der Waals surface area (Å²) >= 11 is 0. The number of carbonyl (C=O) groups is 2. The van der Waals surface area contributed by atoms with Crippen LogP contribution < -0.4 is 14.9 Å². The van der Waals surface area contributed by atoms with Gasteiger partial charge >= 0.3 is 0 Å². The summed E-state index contributed by atoms with van der Waals surface area (Å²) < 4.78 is 27.4. The standard InChI is InChI=1S/C22H25N3O4S/c1-5-16(3)24-30(28,29)20-12-10-18(11-13-20)22(27)25(15-21(26)23-4)19-9-7-8-17(6-2)14-19/h2,7-14,16,24H,5,15H2,1,3-4H3,(H,23,26). The first-order valence-electron chi connectivity index (χ1n) is 9.43. The van der Waals surface area contributed by atoms with Crippen molar-refractivity contribution in [2.24, 2.45) is 0 Å². The van der Waals surface area contributed by atoms with E-state index in [9.17, 15) is 18.0 Å². The molecule has 158 valence electrons. The highest BCUT2D eigenvalue weighted by atomic mass is 32.2. The van der Waals surface area contributed by atoms with Crippen LogP contribution in [0.2, 0.25) is 0 Å². The van der Waals surface area contributed by atoms with Crippen molar-refractivity contribution in [2.45, 2.75) is 31.2 Å². The van der Waals surface area contributed by atoms with Crippen molar-refractivity contribution in [3.63, 3.8) is 0 Å². The summed E-state index contributed by atoms with van der Waals surface area (Å²) in [6.07, 6.45) is 6.09. The molecule has 2 rings (SSSR count). The molecule has 0 spiro atoms. The van der Waals surface area contributed by atoms with Crippen LogP contribution >= 0.6 is 0 Å². The topological polar surface area (TPSA) is 95.6 Å². The molecule has 0 saturated heterocycles. The number of hydrogen-bond acceptors (Lipinski definition) is 4. The molecule has 0 radical (unpaired) electrons. The minimum absolute atomic E-state index is 0.0616. The van der Waals surface area contributed by atoms with Crippen molar-refractivity contribution < 1.29 is 18.0 Å². The fraction of sp³-hybridized carbons (Fsp3) is 0.273. The maximum atomic E-state index is 13.1. The summed E-state index contributed by atoms with van der Waals surface area (Å²) in [6, 6.07) is 12.1. The third-order valence-electron chi connectivity index (χ3n) is 4.53. The Morgan fingerprint density at radius 2 is 1.83 bits per heavy atom. The Bertz CT molecular complexity index is 1060. The highest BCUT2D eigenvalue weighted by Crippen LogP contribution is 2.20. The van der Waals surface area contributed by atoms with Gasteiger partial charge in [-0.25, -0.2) is 13.1 Å². The van der Waals surface area contributed by atoms with E-state index < -0.39 is 15.9 Å². The van der Waals surface area contributed by atoms with Gasteiger partial charge in [-0.05, 0) is 55.8 Å². The van der Waals surface area contributed by atoms with Crippen LogP contribution in [0, 0.1) is 12.3 Å². The molecule has 0 heterocycles. The number of amides is 2. The van der Waals surface area contributed by atoms with Gasteiger partial charge in [-0.2, -0.15) is 0 Å². The maximum absolute atomic E-state index is 13.1. The number of carbonyl (C=O) groups excluding carboxylic acids is 2. The average Bonchev–Trinajstić information content (AvgIpc) is 2.76. The summed E-state index contributed by atoms with van der Waals surface area (Å²) in [5.41, 5.74) is 1.28. The van der Waals surface area contributed by atoms with Gasteiger partial charge in [0.2, 0.25) is 15.9 Å². The van der Waals surface area contributed by atoms with Gasteiger partial charge in [0.25, 0.3) is 5.91 Å². The molecule has 0 saturated carbocycles. The van der Waals surface area contributed by atoms with Gasteiger partial charge in [0.05, 0.1) is 4.90 Å². The lowest BCUT2D eigenvalue weighted by atomic mass is 10.1. The number of nitrogens with one attached hydrogen (secondary N) is 2. The van der Waals surface area contributed by atoms with Gasteiger partial charge < -0.3 is 5.32 Å². The Morgan fingerprint density at radius 1 is 1.17 bits per heavy atom. The number of nitrogens with zero attached hydrogens (tertiary/aromatic N) is 1. The smallest absolute Gasteiger partial charge is 0.258 e. The van der Waals surface area contributed by atoms with E-state index in [1.54, 1.807) is 31.2 Å². The van der Waals surface area contributed by atoms with Crippen LogP contribution in [0.25, 0.3) is 0 Å². The van der Waals surface area contributed by atoms with Crippen LogP contribution in [-0.4, -0.2) is 39.9 Å². The first-order valence-corrected chi connectivity index (χ1v) is 10.9. The SMILES string of the molecule is C#Cc1cccc(N(CC(=O)NC)C(=O)c2ccc(S(=O)(=O)NC(C)CC)cc2)c1. The van der Waals surface area contributed by atoms with Crippen LogP contribution in [0.5, 0.6) is 0 Å². The molecule has 1 atom stereocenters. The van der Waals surface area contributed by atoms with Crippen molar-refractivity contribution in [2.75, 3.05) is 18.5 Å². The van der Waals surface area contributed by atoms with Gasteiger partial charge in [0, 0.05) is 29.9 Å². The van der Waals surface area contributed by atoms with Gasteiger partial charge in [-0.15, -0.1) is 6.42 Å². The highest BCUT2D eigenvalue weighted by molar-refractivity contribution is 7.89. The van der Waals surface area contributed by atoms with E-state index in [-0.39, 0.29) is 29.0 Å². The summed E-state index contributed by atoms with van der Waals surface area (Å²) in [6.45, 7) is 3.45. The molecule has 0 aliphatic heterocycles. The lowest BCUT2D eigenvalue weighted by molar-refractivity contribution is -0.119. The Hall–Kier alpha value is -3.15. The van der Waals surface area contributed by atoms with Crippen LogP contribution in [0.1, 0.15) is 36.2 Å². The Kier molecular flexibility index (Phi) is 7.75. The van der Waals surface area contributed by atoms with E-state index in [0.717, 1.165) is 0 Å². The third kappa shape index (κ3) is 5.69. The molecule has 0 aliphatic carbocycles. The largest absolute Gasteiger partial charge is 0.358 e. The van der Waals surface area contributed by atoms with Gasteiger partial charge in [0.1, 0.15) is 6.54 Å². The fourth-order valence-electron chi connectivity index (χ4n) is 2.62. The van der Waals surface area contributed by atoms with E-state index >= 15 is 0 Å². The van der Waals surface area contributed by atoms with E-state index in [4.69, 9.17) is 6.42 Å². The predicted octanol–water partition coefficient (Wildman–Crippen LogP) is 2.14. The molecule has 0 bridgehead atoms. The monoisotopic (exact) mass is 427 g/mol. The molecule has 2 aromatic carbocycles. The number of anilines is 1. The molecular weight excluding hydrogens is 402 g/mol. The molecule has 0 aliphatic rings. The summed E-state index contributed by atoms with van der Waals surface area (Å²) in [5, 5.41) is 2.49. The van der Waals surface area contributed by atoms with E-state index in [2.05, 4.69) is 16.0 Å². The predicted molar refractivity (Wildman–Crippen MR) is 117 cm³/mol. The molecule has 2 amide bonds. The number of terminal acetylenes is 1. The number of benzene rings is 2. The normalized spacial score (nSPS) is 11.9. The molecule has 8 heteroatoms. The minimum Gasteiger partial charge on any atom is -0.358 e. The fourth-order valence-corrected chi connectivity index (χ4v) is 3.94. The van der Waals surface area contributed by atoms with Crippen molar-refractivity contribution in [3.8, 4) is 12.3 Å². The first kappa shape index (κ1) is 23.1. The van der Waals surface area contributed by atoms with E-state index in [1.165, 1.54) is 36.2 Å². The Balaban J connectivity index is 2.36. The van der Waals surface area contributed by atoms with Gasteiger partial charge in [-0.3, -0.25) is 14.5 Å². The Morgan fingerprint density at radius 3 is 2.40 bits per heavy atom. The zero-order valence-electron chi connectivity index (χ0n) is 17.2. The number of likely N-dealkylation sites (N-methyl/N-ethyl adjacent to an activating group) is 1. The molecule has 0 fully saturated rings. The van der Waals surface area contributed by atoms with E-state index in [0.29, 0.717) is 17.7 Å². The third-order valence-corrected chi connectivity index (χ3v) is 6.14. The molecule has 2 N–H and O–H groups in total. The van der Waals surface area contributed by atoms with Crippen molar-refractivity contribution in [1.29, 1.82) is 0 Å². The quantitative estimate of drug-likeness (QED) is 0.631. The second-order valence-electron chi connectivity index (χ2n) is 6.71. The zero-order valence-corrected chi connectivity index (χ0v) is 18.0. The first-order chi connectivity index (χ1) is 14.2. The highest BCUT2D eigenvalue weighted by Gasteiger charge is 2.22. The molecule has 2 aromatic rings. The molecule has 7 nitrogen and oxygen atoms in total.